The van der Waals surface area contributed by atoms with Crippen LogP contribution >= 0.6 is 0 Å². The number of fused-ring (bicyclic) bond motifs is 1. The minimum absolute atomic E-state index is 0.104. The Kier molecular flexibility index (Phi) is 3.36. The van der Waals surface area contributed by atoms with Gasteiger partial charge in [0.2, 0.25) is 6.79 Å². The van der Waals surface area contributed by atoms with Gasteiger partial charge in [-0.3, -0.25) is 9.59 Å². The van der Waals surface area contributed by atoms with Gasteiger partial charge in [0.15, 0.2) is 17.3 Å². The number of carbonyl (C=O) groups excluding carboxylic acids is 2. The van der Waals surface area contributed by atoms with Crippen LogP contribution in [0.1, 0.15) is 16.8 Å². The molecule has 0 saturated heterocycles. The van der Waals surface area contributed by atoms with Crippen molar-refractivity contribution in [1.82, 2.24) is 0 Å². The first-order valence-corrected chi connectivity index (χ1v) is 5.23. The molecule has 0 atom stereocenters. The molecule has 0 saturated carbocycles. The number of benzene rings is 1. The van der Waals surface area contributed by atoms with Crippen molar-refractivity contribution < 1.29 is 28.5 Å². The number of ketones is 1. The van der Waals surface area contributed by atoms with Crippen molar-refractivity contribution in [2.24, 2.45) is 0 Å². The van der Waals surface area contributed by atoms with Gasteiger partial charge in [0, 0.05) is 6.07 Å². The quantitative estimate of drug-likeness (QED) is 0.455. The summed E-state index contributed by atoms with van der Waals surface area (Å²) >= 11 is 0. The second-order valence-corrected chi connectivity index (χ2v) is 3.58. The van der Waals surface area contributed by atoms with Gasteiger partial charge < -0.3 is 18.9 Å². The Hall–Kier alpha value is -2.24. The standard InChI is InChI=1S/C12H12O6/c1-15-9-5-11-10(17-6-18-11)3-7(9)8(13)4-12(14)16-2/h3,5H,4,6H2,1-2H3. The topological polar surface area (TPSA) is 71.1 Å². The number of Topliss-reactive ketones (excluding diaryl/α,β-unsaturated/α-hetero) is 1. The summed E-state index contributed by atoms with van der Waals surface area (Å²) < 4.78 is 19.9. The molecule has 0 unspecified atom stereocenters. The highest BCUT2D eigenvalue weighted by atomic mass is 16.7. The Morgan fingerprint density at radius 3 is 2.50 bits per heavy atom. The zero-order chi connectivity index (χ0) is 13.1. The van der Waals surface area contributed by atoms with Crippen LogP contribution < -0.4 is 14.2 Å². The Bertz CT molecular complexity index is 494. The lowest BCUT2D eigenvalue weighted by Crippen LogP contribution is -2.10. The molecule has 0 amide bonds. The fraction of sp³-hybridized carbons (Fsp3) is 0.333. The molecule has 0 N–H and O–H groups in total. The second-order valence-electron chi connectivity index (χ2n) is 3.58. The van der Waals surface area contributed by atoms with Gasteiger partial charge in [-0.2, -0.15) is 0 Å². The summed E-state index contributed by atoms with van der Waals surface area (Å²) in [5.74, 6) is 0.329. The molecule has 0 spiro atoms. The van der Waals surface area contributed by atoms with Gasteiger partial charge >= 0.3 is 5.97 Å². The number of ether oxygens (including phenoxy) is 4. The van der Waals surface area contributed by atoms with Gasteiger partial charge in [-0.25, -0.2) is 0 Å². The van der Waals surface area contributed by atoms with Crippen molar-refractivity contribution in [2.45, 2.75) is 6.42 Å². The molecule has 1 aliphatic rings. The summed E-state index contributed by atoms with van der Waals surface area (Å²) in [6.45, 7) is 0.104. The molecule has 1 aliphatic heterocycles. The van der Waals surface area contributed by atoms with E-state index in [1.165, 1.54) is 20.3 Å². The molecule has 6 heteroatoms. The highest BCUT2D eigenvalue weighted by molar-refractivity contribution is 6.08. The minimum Gasteiger partial charge on any atom is -0.496 e. The molecule has 0 radical (unpaired) electrons. The zero-order valence-corrected chi connectivity index (χ0v) is 10.0. The van der Waals surface area contributed by atoms with Crippen LogP contribution in [-0.2, 0) is 9.53 Å². The summed E-state index contributed by atoms with van der Waals surface area (Å²) in [6.07, 6.45) is -0.341. The van der Waals surface area contributed by atoms with Crippen LogP contribution in [-0.4, -0.2) is 32.8 Å². The monoisotopic (exact) mass is 252 g/mol. The fourth-order valence-electron chi connectivity index (χ4n) is 1.61. The zero-order valence-electron chi connectivity index (χ0n) is 10.0. The molecule has 0 bridgehead atoms. The predicted molar refractivity (Wildman–Crippen MR) is 60.1 cm³/mol. The van der Waals surface area contributed by atoms with Crippen LogP contribution in [0.25, 0.3) is 0 Å². The fourth-order valence-corrected chi connectivity index (χ4v) is 1.61. The van der Waals surface area contributed by atoms with Gasteiger partial charge in [-0.15, -0.1) is 0 Å². The third-order valence-corrected chi connectivity index (χ3v) is 2.53. The molecule has 0 fully saturated rings. The van der Waals surface area contributed by atoms with Crippen molar-refractivity contribution in [2.75, 3.05) is 21.0 Å². The summed E-state index contributed by atoms with van der Waals surface area (Å²) in [4.78, 5) is 23.0. The summed E-state index contributed by atoms with van der Waals surface area (Å²) in [5, 5.41) is 0. The van der Waals surface area contributed by atoms with Gasteiger partial charge in [-0.05, 0) is 6.07 Å². The van der Waals surface area contributed by atoms with E-state index in [2.05, 4.69) is 4.74 Å². The molecular formula is C12H12O6. The van der Waals surface area contributed by atoms with Crippen molar-refractivity contribution in [3.8, 4) is 17.2 Å². The lowest BCUT2D eigenvalue weighted by Gasteiger charge is -2.08. The van der Waals surface area contributed by atoms with E-state index in [1.807, 2.05) is 0 Å². The third-order valence-electron chi connectivity index (χ3n) is 2.53. The Labute approximate surface area is 103 Å². The van der Waals surface area contributed by atoms with Gasteiger partial charge in [-0.1, -0.05) is 0 Å². The Balaban J connectivity index is 2.31. The maximum absolute atomic E-state index is 11.9. The van der Waals surface area contributed by atoms with Gasteiger partial charge in [0.25, 0.3) is 0 Å². The third kappa shape index (κ3) is 2.22. The molecule has 6 nitrogen and oxygen atoms in total. The summed E-state index contributed by atoms with van der Waals surface area (Å²) in [7, 11) is 2.67. The number of esters is 1. The molecular weight excluding hydrogens is 240 g/mol. The molecule has 0 aliphatic carbocycles. The van der Waals surface area contributed by atoms with Crippen LogP contribution in [0.4, 0.5) is 0 Å². The van der Waals surface area contributed by atoms with Crippen LogP contribution in [0.2, 0.25) is 0 Å². The maximum Gasteiger partial charge on any atom is 0.313 e. The first-order chi connectivity index (χ1) is 8.65. The molecule has 1 heterocycles. The Morgan fingerprint density at radius 2 is 1.89 bits per heavy atom. The molecule has 0 aromatic heterocycles. The van der Waals surface area contributed by atoms with Crippen molar-refractivity contribution in [3.63, 3.8) is 0 Å². The Morgan fingerprint density at radius 1 is 1.22 bits per heavy atom. The summed E-state index contributed by atoms with van der Waals surface area (Å²) in [5.41, 5.74) is 0.271. The smallest absolute Gasteiger partial charge is 0.313 e. The van der Waals surface area contributed by atoms with Crippen molar-refractivity contribution in [3.05, 3.63) is 17.7 Å². The van der Waals surface area contributed by atoms with Gasteiger partial charge in [0.05, 0.1) is 19.8 Å². The van der Waals surface area contributed by atoms with Crippen LogP contribution in [0.15, 0.2) is 12.1 Å². The van der Waals surface area contributed by atoms with E-state index in [0.717, 1.165) is 0 Å². The molecule has 1 aromatic carbocycles. The molecule has 1 aromatic rings. The van der Waals surface area contributed by atoms with E-state index < -0.39 is 11.8 Å². The number of methoxy groups -OCH3 is 2. The lowest BCUT2D eigenvalue weighted by atomic mass is 10.1. The van der Waals surface area contributed by atoms with E-state index in [0.29, 0.717) is 17.2 Å². The lowest BCUT2D eigenvalue weighted by molar-refractivity contribution is -0.139. The van der Waals surface area contributed by atoms with Gasteiger partial charge in [0.1, 0.15) is 12.2 Å². The highest BCUT2D eigenvalue weighted by Crippen LogP contribution is 2.38. The number of hydrogen-bond donors (Lipinski definition) is 0. The maximum atomic E-state index is 11.9. The highest BCUT2D eigenvalue weighted by Gasteiger charge is 2.23. The SMILES string of the molecule is COC(=O)CC(=O)c1cc2c(cc1OC)OCO2. The van der Waals surface area contributed by atoms with Crippen LogP contribution in [0.5, 0.6) is 17.2 Å². The molecule has 96 valence electrons. The second kappa shape index (κ2) is 4.95. The average Bonchev–Trinajstić information content (AvgIpc) is 2.83. The van der Waals surface area contributed by atoms with Crippen molar-refractivity contribution in [1.29, 1.82) is 0 Å². The van der Waals surface area contributed by atoms with E-state index in [9.17, 15) is 9.59 Å². The van der Waals surface area contributed by atoms with E-state index >= 15 is 0 Å². The summed E-state index contributed by atoms with van der Waals surface area (Å²) in [6, 6.07) is 3.07. The first-order valence-electron chi connectivity index (χ1n) is 5.23. The number of rotatable bonds is 4. The normalized spacial score (nSPS) is 12.1. The van der Waals surface area contributed by atoms with Crippen LogP contribution in [0, 0.1) is 0 Å². The van der Waals surface area contributed by atoms with Crippen molar-refractivity contribution >= 4 is 11.8 Å². The van der Waals surface area contributed by atoms with E-state index in [1.54, 1.807) is 6.07 Å². The molecule has 2 rings (SSSR count). The van der Waals surface area contributed by atoms with E-state index in [-0.39, 0.29) is 18.8 Å². The van der Waals surface area contributed by atoms with E-state index in [4.69, 9.17) is 14.2 Å². The van der Waals surface area contributed by atoms with Crippen LogP contribution in [0.3, 0.4) is 0 Å². The number of carbonyl (C=O) groups is 2. The first kappa shape index (κ1) is 12.2. The molecule has 18 heavy (non-hydrogen) atoms. The predicted octanol–water partition coefficient (Wildman–Crippen LogP) is 1.17. The minimum atomic E-state index is -0.597. The largest absolute Gasteiger partial charge is 0.496 e. The average molecular weight is 252 g/mol. The number of hydrogen-bond acceptors (Lipinski definition) is 6.